The first-order valence-electron chi connectivity index (χ1n) is 5.18. The molecule has 0 unspecified atom stereocenters. The normalized spacial score (nSPS) is 10.3. The van der Waals surface area contributed by atoms with Crippen LogP contribution in [0.25, 0.3) is 0 Å². The highest BCUT2D eigenvalue weighted by atomic mass is 79.9. The van der Waals surface area contributed by atoms with Crippen LogP contribution in [0.5, 0.6) is 11.5 Å². The van der Waals surface area contributed by atoms with Crippen molar-refractivity contribution in [3.05, 3.63) is 22.2 Å². The van der Waals surface area contributed by atoms with Gasteiger partial charge in [-0.25, -0.2) is 4.79 Å². The van der Waals surface area contributed by atoms with Crippen LogP contribution < -0.4 is 9.47 Å². The first-order chi connectivity index (χ1) is 8.36. The zero-order chi connectivity index (χ0) is 13.9. The molecule has 1 rings (SSSR count). The smallest absolute Gasteiger partial charge is 0.377 e. The fraction of sp³-hybridized carbons (Fsp3) is 0.333. The second kappa shape index (κ2) is 5.86. The van der Waals surface area contributed by atoms with E-state index in [9.17, 15) is 9.59 Å². The Morgan fingerprint density at radius 3 is 2.33 bits per heavy atom. The third-order valence-corrected chi connectivity index (χ3v) is 2.71. The summed E-state index contributed by atoms with van der Waals surface area (Å²) in [7, 11) is 1.42. The van der Waals surface area contributed by atoms with Crippen LogP contribution >= 0.6 is 15.9 Å². The number of hydrogen-bond donors (Lipinski definition) is 1. The summed E-state index contributed by atoms with van der Waals surface area (Å²) < 4.78 is 10.9. The van der Waals surface area contributed by atoms with Gasteiger partial charge in [0, 0.05) is 10.0 Å². The largest absolute Gasteiger partial charge is 0.493 e. The molecular formula is C12H13BrO5. The molecule has 6 heteroatoms. The minimum absolute atomic E-state index is 0.0236. The molecule has 1 N–H and O–H groups in total. The van der Waals surface area contributed by atoms with E-state index in [0.717, 1.165) is 0 Å². The topological polar surface area (TPSA) is 72.8 Å². The molecule has 0 aliphatic carbocycles. The van der Waals surface area contributed by atoms with Crippen LogP contribution in [0.1, 0.15) is 24.2 Å². The van der Waals surface area contributed by atoms with Crippen molar-refractivity contribution in [2.24, 2.45) is 0 Å². The van der Waals surface area contributed by atoms with Gasteiger partial charge >= 0.3 is 5.97 Å². The predicted octanol–water partition coefficient (Wildman–Crippen LogP) is 2.51. The second-order valence-corrected chi connectivity index (χ2v) is 4.64. The van der Waals surface area contributed by atoms with Crippen LogP contribution in [0.2, 0.25) is 0 Å². The third-order valence-electron chi connectivity index (χ3n) is 2.05. The van der Waals surface area contributed by atoms with Crippen LogP contribution in [-0.2, 0) is 4.79 Å². The average Bonchev–Trinajstić information content (AvgIpc) is 2.27. The van der Waals surface area contributed by atoms with Gasteiger partial charge in [0.1, 0.15) is 0 Å². The SMILES string of the molecule is COc1cc(C(=O)C(=O)O)c(Br)cc1OC(C)C. The van der Waals surface area contributed by atoms with Gasteiger partial charge in [0.2, 0.25) is 0 Å². The van der Waals surface area contributed by atoms with Gasteiger partial charge in [-0.15, -0.1) is 0 Å². The molecule has 0 aliphatic heterocycles. The Morgan fingerprint density at radius 1 is 1.28 bits per heavy atom. The molecule has 0 saturated carbocycles. The van der Waals surface area contributed by atoms with Crippen molar-refractivity contribution in [3.63, 3.8) is 0 Å². The first kappa shape index (κ1) is 14.5. The van der Waals surface area contributed by atoms with Gasteiger partial charge in [-0.1, -0.05) is 0 Å². The molecule has 1 aromatic carbocycles. The number of halogens is 1. The monoisotopic (exact) mass is 316 g/mol. The second-order valence-electron chi connectivity index (χ2n) is 3.78. The van der Waals surface area contributed by atoms with Crippen molar-refractivity contribution in [2.75, 3.05) is 7.11 Å². The van der Waals surface area contributed by atoms with Gasteiger partial charge in [0.05, 0.1) is 13.2 Å². The quantitative estimate of drug-likeness (QED) is 0.667. The van der Waals surface area contributed by atoms with Crippen LogP contribution in [-0.4, -0.2) is 30.1 Å². The van der Waals surface area contributed by atoms with Gasteiger partial charge in [0.25, 0.3) is 5.78 Å². The lowest BCUT2D eigenvalue weighted by atomic mass is 10.1. The van der Waals surface area contributed by atoms with Crippen molar-refractivity contribution in [3.8, 4) is 11.5 Å². The van der Waals surface area contributed by atoms with E-state index in [1.807, 2.05) is 13.8 Å². The lowest BCUT2D eigenvalue weighted by molar-refractivity contribution is -0.131. The summed E-state index contributed by atoms with van der Waals surface area (Å²) in [5.41, 5.74) is 0.0236. The molecule has 0 spiro atoms. The van der Waals surface area contributed by atoms with E-state index in [-0.39, 0.29) is 11.7 Å². The summed E-state index contributed by atoms with van der Waals surface area (Å²) in [5.74, 6) is -1.76. The Bertz CT molecular complexity index is 482. The summed E-state index contributed by atoms with van der Waals surface area (Å²) in [6, 6.07) is 2.87. The molecule has 0 fully saturated rings. The lowest BCUT2D eigenvalue weighted by Crippen LogP contribution is -2.14. The number of carbonyl (C=O) groups is 2. The number of ketones is 1. The van der Waals surface area contributed by atoms with Crippen LogP contribution in [0.4, 0.5) is 0 Å². The Morgan fingerprint density at radius 2 is 1.89 bits per heavy atom. The number of carboxylic acids is 1. The van der Waals surface area contributed by atoms with Gasteiger partial charge in [-0.05, 0) is 41.9 Å². The number of methoxy groups -OCH3 is 1. The van der Waals surface area contributed by atoms with E-state index in [4.69, 9.17) is 14.6 Å². The zero-order valence-electron chi connectivity index (χ0n) is 10.2. The van der Waals surface area contributed by atoms with Crippen molar-refractivity contribution < 1.29 is 24.2 Å². The summed E-state index contributed by atoms with van der Waals surface area (Å²) in [6.45, 7) is 3.70. The molecule has 0 atom stereocenters. The summed E-state index contributed by atoms with van der Waals surface area (Å²) in [5, 5.41) is 8.70. The van der Waals surface area contributed by atoms with Crippen LogP contribution in [0.3, 0.4) is 0 Å². The summed E-state index contributed by atoms with van der Waals surface area (Å²) in [6.07, 6.45) is -0.0631. The maximum atomic E-state index is 11.4. The summed E-state index contributed by atoms with van der Waals surface area (Å²) >= 11 is 3.15. The Labute approximate surface area is 113 Å². The molecule has 18 heavy (non-hydrogen) atoms. The molecule has 98 valence electrons. The van der Waals surface area contributed by atoms with Gasteiger partial charge in [-0.3, -0.25) is 4.79 Å². The van der Waals surface area contributed by atoms with Crippen molar-refractivity contribution in [1.29, 1.82) is 0 Å². The number of benzene rings is 1. The lowest BCUT2D eigenvalue weighted by Gasteiger charge is -2.15. The van der Waals surface area contributed by atoms with Crippen molar-refractivity contribution in [1.82, 2.24) is 0 Å². The molecule has 0 saturated heterocycles. The fourth-order valence-corrected chi connectivity index (χ4v) is 1.83. The van der Waals surface area contributed by atoms with E-state index in [0.29, 0.717) is 16.0 Å². The molecule has 0 aromatic heterocycles. The van der Waals surface area contributed by atoms with Gasteiger partial charge in [-0.2, -0.15) is 0 Å². The average molecular weight is 317 g/mol. The number of ether oxygens (including phenoxy) is 2. The molecule has 5 nitrogen and oxygen atoms in total. The highest BCUT2D eigenvalue weighted by molar-refractivity contribution is 9.10. The Balaban J connectivity index is 3.26. The van der Waals surface area contributed by atoms with E-state index in [1.165, 1.54) is 19.2 Å². The number of Topliss-reactive ketones (excluding diaryl/α,β-unsaturated/α-hetero) is 1. The minimum atomic E-state index is -1.52. The predicted molar refractivity (Wildman–Crippen MR) is 68.4 cm³/mol. The molecule has 0 aliphatic rings. The van der Waals surface area contributed by atoms with Crippen LogP contribution in [0.15, 0.2) is 16.6 Å². The molecule has 0 heterocycles. The van der Waals surface area contributed by atoms with E-state index >= 15 is 0 Å². The number of carbonyl (C=O) groups excluding carboxylic acids is 1. The van der Waals surface area contributed by atoms with Gasteiger partial charge < -0.3 is 14.6 Å². The van der Waals surface area contributed by atoms with Crippen molar-refractivity contribution in [2.45, 2.75) is 20.0 Å². The Hall–Kier alpha value is -1.56. The molecule has 1 aromatic rings. The minimum Gasteiger partial charge on any atom is -0.493 e. The molecule has 0 bridgehead atoms. The summed E-state index contributed by atoms with van der Waals surface area (Å²) in [4.78, 5) is 22.1. The van der Waals surface area contributed by atoms with E-state index in [2.05, 4.69) is 15.9 Å². The number of hydrogen-bond acceptors (Lipinski definition) is 4. The van der Waals surface area contributed by atoms with Crippen LogP contribution in [0, 0.1) is 0 Å². The highest BCUT2D eigenvalue weighted by Gasteiger charge is 2.21. The maximum absolute atomic E-state index is 11.4. The number of aliphatic carboxylic acids is 1. The Kier molecular flexibility index (Phi) is 4.72. The first-order valence-corrected chi connectivity index (χ1v) is 5.98. The van der Waals surface area contributed by atoms with Crippen molar-refractivity contribution >= 4 is 27.7 Å². The number of carboxylic acid groups (broad SMARTS) is 1. The maximum Gasteiger partial charge on any atom is 0.377 e. The number of rotatable bonds is 5. The third kappa shape index (κ3) is 3.22. The van der Waals surface area contributed by atoms with E-state index in [1.54, 1.807) is 0 Å². The molecule has 0 radical (unpaired) electrons. The fourth-order valence-electron chi connectivity index (χ4n) is 1.33. The zero-order valence-corrected chi connectivity index (χ0v) is 11.8. The standard InChI is InChI=1S/C12H13BrO5/c1-6(2)18-10-5-8(13)7(4-9(10)17-3)11(14)12(15)16/h4-6H,1-3H3,(H,15,16). The van der Waals surface area contributed by atoms with E-state index < -0.39 is 11.8 Å². The highest BCUT2D eigenvalue weighted by Crippen LogP contribution is 2.34. The molecule has 0 amide bonds. The van der Waals surface area contributed by atoms with Gasteiger partial charge in [0.15, 0.2) is 11.5 Å². The molecular weight excluding hydrogens is 304 g/mol.